The molecule has 2 aromatic rings. The van der Waals surface area contributed by atoms with Crippen molar-refractivity contribution in [3.8, 4) is 11.8 Å². The molecule has 3 amide bonds. The lowest BCUT2D eigenvalue weighted by molar-refractivity contribution is -0.137. The van der Waals surface area contributed by atoms with Crippen molar-refractivity contribution in [2.45, 2.75) is 63.5 Å². The van der Waals surface area contributed by atoms with Crippen molar-refractivity contribution in [1.29, 1.82) is 5.26 Å². The van der Waals surface area contributed by atoms with E-state index in [2.05, 4.69) is 21.3 Å². The molecular formula is C29H35N7O5. The molecule has 2 aliphatic heterocycles. The van der Waals surface area contributed by atoms with Gasteiger partial charge in [-0.15, -0.1) is 0 Å². The van der Waals surface area contributed by atoms with Gasteiger partial charge in [0.25, 0.3) is 0 Å². The number of hydrogen-bond donors (Lipinski definition) is 1. The third-order valence-electron chi connectivity index (χ3n) is 7.98. The predicted octanol–water partition coefficient (Wildman–Crippen LogP) is 2.97. The highest BCUT2D eigenvalue weighted by Gasteiger charge is 2.35. The molecule has 0 atom stereocenters. The number of amides is 3. The minimum atomic E-state index is -0.757. The summed E-state index contributed by atoms with van der Waals surface area (Å²) in [5, 5.41) is 12.3. The van der Waals surface area contributed by atoms with Crippen LogP contribution in [0.3, 0.4) is 0 Å². The van der Waals surface area contributed by atoms with E-state index < -0.39 is 6.29 Å². The lowest BCUT2D eigenvalue weighted by Gasteiger charge is -2.35. The normalized spacial score (nSPS) is 19.2. The maximum atomic E-state index is 13.5. The van der Waals surface area contributed by atoms with Crippen molar-refractivity contribution in [2.24, 2.45) is 0 Å². The number of carbonyl (C=O) groups excluding carboxylic acids is 2. The summed E-state index contributed by atoms with van der Waals surface area (Å²) in [5.74, 6) is 1.35. The van der Waals surface area contributed by atoms with E-state index in [1.54, 1.807) is 25.2 Å². The van der Waals surface area contributed by atoms with Gasteiger partial charge in [-0.3, -0.25) is 19.9 Å². The lowest BCUT2D eigenvalue weighted by Crippen LogP contribution is -2.50. The quantitative estimate of drug-likeness (QED) is 0.459. The van der Waals surface area contributed by atoms with E-state index in [0.29, 0.717) is 60.9 Å². The molecule has 2 aliphatic carbocycles. The Morgan fingerprint density at radius 1 is 1.17 bits per heavy atom. The van der Waals surface area contributed by atoms with E-state index >= 15 is 0 Å². The van der Waals surface area contributed by atoms with E-state index in [0.717, 1.165) is 43.4 Å². The molecule has 12 nitrogen and oxygen atoms in total. The molecule has 1 saturated heterocycles. The van der Waals surface area contributed by atoms with Gasteiger partial charge in [0.2, 0.25) is 12.2 Å². The fourth-order valence-corrected chi connectivity index (χ4v) is 5.49. The summed E-state index contributed by atoms with van der Waals surface area (Å²) in [5.41, 5.74) is 2.64. The van der Waals surface area contributed by atoms with Crippen molar-refractivity contribution >= 4 is 23.6 Å². The molecule has 2 saturated carbocycles. The van der Waals surface area contributed by atoms with Gasteiger partial charge in [0, 0.05) is 52.5 Å². The number of aryl methyl sites for hydroxylation is 1. The first kappa shape index (κ1) is 27.4. The van der Waals surface area contributed by atoms with Crippen molar-refractivity contribution in [2.75, 3.05) is 50.6 Å². The molecule has 216 valence electrons. The van der Waals surface area contributed by atoms with E-state index in [4.69, 9.17) is 19.2 Å². The number of nitrogens with zero attached hydrogens (tertiary/aromatic N) is 6. The molecule has 4 aliphatic rings. The lowest BCUT2D eigenvalue weighted by atomic mass is 10.0. The van der Waals surface area contributed by atoms with Gasteiger partial charge in [0.15, 0.2) is 0 Å². The van der Waals surface area contributed by atoms with Crippen LogP contribution in [0.1, 0.15) is 60.8 Å². The van der Waals surface area contributed by atoms with Crippen LogP contribution in [0.15, 0.2) is 18.3 Å². The van der Waals surface area contributed by atoms with Gasteiger partial charge in [0.05, 0.1) is 18.8 Å². The van der Waals surface area contributed by atoms with Crippen LogP contribution < -0.4 is 15.0 Å². The van der Waals surface area contributed by atoms with Crippen LogP contribution in [0.5, 0.6) is 5.75 Å². The molecule has 0 spiro atoms. The number of hydrogen-bond acceptors (Lipinski definition) is 9. The number of nitrogens with one attached hydrogen (secondary N) is 1. The number of methoxy groups -OCH3 is 2. The number of anilines is 2. The van der Waals surface area contributed by atoms with Crippen molar-refractivity contribution in [1.82, 2.24) is 19.8 Å². The second-order valence-electron chi connectivity index (χ2n) is 11.0. The smallest absolute Gasteiger partial charge is 0.328 e. The van der Waals surface area contributed by atoms with Gasteiger partial charge < -0.3 is 19.1 Å². The number of ether oxygens (including phenoxy) is 3. The van der Waals surface area contributed by atoms with Crippen LogP contribution in [0, 0.1) is 11.3 Å². The van der Waals surface area contributed by atoms with E-state index in [1.807, 2.05) is 11.0 Å². The van der Waals surface area contributed by atoms with Crippen LogP contribution in [0.4, 0.5) is 16.4 Å². The molecule has 2 aromatic heterocycles. The Kier molecular flexibility index (Phi) is 7.75. The topological polar surface area (TPSA) is 133 Å². The molecular weight excluding hydrogens is 526 g/mol. The minimum Gasteiger partial charge on any atom is -0.489 e. The largest absolute Gasteiger partial charge is 0.489 e. The van der Waals surface area contributed by atoms with E-state index in [1.165, 1.54) is 19.0 Å². The predicted molar refractivity (Wildman–Crippen MR) is 148 cm³/mol. The van der Waals surface area contributed by atoms with Crippen molar-refractivity contribution in [3.05, 3.63) is 40.7 Å². The molecule has 1 N–H and O–H groups in total. The minimum absolute atomic E-state index is 0.103. The summed E-state index contributed by atoms with van der Waals surface area (Å²) in [7, 11) is 3.09. The zero-order valence-corrected chi connectivity index (χ0v) is 23.5. The van der Waals surface area contributed by atoms with Crippen LogP contribution in [0.2, 0.25) is 0 Å². The zero-order valence-electron chi connectivity index (χ0n) is 23.5. The fourth-order valence-electron chi connectivity index (χ4n) is 5.49. The Bertz CT molecular complexity index is 1370. The fraction of sp³-hybridized carbons (Fsp3) is 0.552. The highest BCUT2D eigenvalue weighted by molar-refractivity contribution is 6.01. The summed E-state index contributed by atoms with van der Waals surface area (Å²) in [6.07, 6.45) is 6.52. The third-order valence-corrected chi connectivity index (χ3v) is 7.98. The van der Waals surface area contributed by atoms with Crippen LogP contribution >= 0.6 is 0 Å². The Labute approximate surface area is 239 Å². The first-order chi connectivity index (χ1) is 20.0. The van der Waals surface area contributed by atoms with Crippen LogP contribution in [-0.2, 0) is 27.2 Å². The number of carbonyl (C=O) groups is 2. The van der Waals surface area contributed by atoms with Gasteiger partial charge in [-0.2, -0.15) is 5.26 Å². The van der Waals surface area contributed by atoms with E-state index in [-0.39, 0.29) is 18.0 Å². The summed E-state index contributed by atoms with van der Waals surface area (Å²) in [6.45, 7) is 2.85. The molecule has 0 bridgehead atoms. The average Bonchev–Trinajstić information content (AvgIpc) is 3.90. The molecule has 0 radical (unpaired) electrons. The molecule has 4 heterocycles. The second kappa shape index (κ2) is 11.6. The van der Waals surface area contributed by atoms with Crippen molar-refractivity contribution in [3.63, 3.8) is 0 Å². The number of rotatable bonds is 9. The average molecular weight is 562 g/mol. The molecule has 12 heteroatoms. The summed E-state index contributed by atoms with van der Waals surface area (Å²) in [6, 6.07) is 5.88. The highest BCUT2D eigenvalue weighted by Crippen LogP contribution is 2.34. The van der Waals surface area contributed by atoms with Crippen molar-refractivity contribution < 1.29 is 23.8 Å². The third kappa shape index (κ3) is 5.98. The van der Waals surface area contributed by atoms with E-state index in [9.17, 15) is 14.9 Å². The summed E-state index contributed by atoms with van der Waals surface area (Å²) < 4.78 is 17.0. The number of urea groups is 1. The molecule has 6 rings (SSSR count). The van der Waals surface area contributed by atoms with Gasteiger partial charge >= 0.3 is 6.03 Å². The number of pyridine rings is 2. The SMILES string of the molecule is COC(OC)c1nc2c(cc1CN1CCN(C3CC3)CC1=O)CCCN2C(=O)Nc1cc(OC2CC2)c(C#N)cn1. The number of piperazine rings is 1. The van der Waals surface area contributed by atoms with Gasteiger partial charge in [0.1, 0.15) is 34.7 Å². The van der Waals surface area contributed by atoms with Crippen LogP contribution in [0.25, 0.3) is 0 Å². The monoisotopic (exact) mass is 561 g/mol. The summed E-state index contributed by atoms with van der Waals surface area (Å²) >= 11 is 0. The first-order valence-corrected chi connectivity index (χ1v) is 14.2. The number of nitriles is 1. The highest BCUT2D eigenvalue weighted by atomic mass is 16.7. The van der Waals surface area contributed by atoms with Gasteiger partial charge in [-0.05, 0) is 55.7 Å². The maximum absolute atomic E-state index is 13.5. The maximum Gasteiger partial charge on any atom is 0.328 e. The molecule has 0 unspecified atom stereocenters. The number of fused-ring (bicyclic) bond motifs is 1. The Morgan fingerprint density at radius 2 is 1.98 bits per heavy atom. The Hall–Kier alpha value is -3.79. The second-order valence-corrected chi connectivity index (χ2v) is 11.0. The Morgan fingerprint density at radius 3 is 2.66 bits per heavy atom. The molecule has 3 fully saturated rings. The first-order valence-electron chi connectivity index (χ1n) is 14.2. The van der Waals surface area contributed by atoms with Crippen LogP contribution in [-0.4, -0.2) is 84.3 Å². The standard InChI is InChI=1S/C29H35N7O5/c1-39-28(40-2)26-19(16-35-11-10-34(17-25(35)37)21-5-6-21)12-18-4-3-9-36(27(18)33-26)29(38)32-24-13-23(41-22-7-8-22)20(14-30)15-31-24/h12-13,15,21-22,28H,3-11,16-17H2,1-2H3,(H,31,32,38). The van der Waals surface area contributed by atoms with Gasteiger partial charge in [-0.25, -0.2) is 14.8 Å². The summed E-state index contributed by atoms with van der Waals surface area (Å²) in [4.78, 5) is 41.4. The molecule has 0 aromatic carbocycles. The number of aromatic nitrogens is 2. The Balaban J connectivity index is 1.24. The molecule has 41 heavy (non-hydrogen) atoms. The van der Waals surface area contributed by atoms with Gasteiger partial charge in [-0.1, -0.05) is 0 Å². The zero-order chi connectivity index (χ0) is 28.5.